The lowest BCUT2D eigenvalue weighted by Gasteiger charge is -2.26. The molecule has 0 spiro atoms. The van der Waals surface area contributed by atoms with Gasteiger partial charge in [0.25, 0.3) is 0 Å². The summed E-state index contributed by atoms with van der Waals surface area (Å²) >= 11 is 6.08. The van der Waals surface area contributed by atoms with Gasteiger partial charge in [0.05, 0.1) is 10.6 Å². The molecule has 5 heteroatoms. The maximum Gasteiger partial charge on any atom is 0.337 e. The first-order valence-electron chi connectivity index (χ1n) is 5.71. The summed E-state index contributed by atoms with van der Waals surface area (Å²) in [6.45, 7) is 0. The smallest absolute Gasteiger partial charge is 0.337 e. The number of aromatic carboxylic acids is 1. The minimum Gasteiger partial charge on any atom is -0.478 e. The van der Waals surface area contributed by atoms with Crippen LogP contribution in [0.15, 0.2) is 12.3 Å². The first-order valence-corrected chi connectivity index (χ1v) is 6.09. The minimum absolute atomic E-state index is 0.124. The number of halogens is 1. The molecule has 1 aliphatic carbocycles. The van der Waals surface area contributed by atoms with Gasteiger partial charge in [-0.3, -0.25) is 0 Å². The molecule has 1 heterocycles. The second-order valence-electron chi connectivity index (χ2n) is 4.38. The lowest BCUT2D eigenvalue weighted by Crippen LogP contribution is -2.29. The van der Waals surface area contributed by atoms with Gasteiger partial charge in [-0.25, -0.2) is 9.78 Å². The fraction of sp³-hybridized carbons (Fsp3) is 0.500. The van der Waals surface area contributed by atoms with Crippen LogP contribution in [0.4, 0.5) is 5.82 Å². The van der Waals surface area contributed by atoms with E-state index in [4.69, 9.17) is 16.7 Å². The Morgan fingerprint density at radius 1 is 1.53 bits per heavy atom. The van der Waals surface area contributed by atoms with Crippen LogP contribution in [0.5, 0.6) is 0 Å². The fourth-order valence-electron chi connectivity index (χ4n) is 2.27. The standard InChI is InChI=1S/C12H15ClN2O2/c1-15(9-4-2-3-5-9)11-10(13)6-8(7-14-11)12(16)17/h6-7,9H,2-5H2,1H3,(H,16,17). The van der Waals surface area contributed by atoms with E-state index in [1.54, 1.807) is 0 Å². The van der Waals surface area contributed by atoms with Crippen molar-refractivity contribution < 1.29 is 9.90 Å². The lowest BCUT2D eigenvalue weighted by atomic mass is 10.2. The molecule has 1 aromatic rings. The molecule has 17 heavy (non-hydrogen) atoms. The van der Waals surface area contributed by atoms with E-state index < -0.39 is 5.97 Å². The molecule has 1 aliphatic rings. The number of carboxylic acid groups (broad SMARTS) is 1. The van der Waals surface area contributed by atoms with E-state index in [1.165, 1.54) is 25.1 Å². The molecule has 0 radical (unpaired) electrons. The topological polar surface area (TPSA) is 53.4 Å². The highest BCUT2D eigenvalue weighted by atomic mass is 35.5. The molecule has 1 fully saturated rings. The Morgan fingerprint density at radius 3 is 2.71 bits per heavy atom. The maximum atomic E-state index is 10.8. The molecule has 2 rings (SSSR count). The van der Waals surface area contributed by atoms with E-state index in [-0.39, 0.29) is 5.56 Å². The first kappa shape index (κ1) is 12.2. The molecule has 4 nitrogen and oxygen atoms in total. The minimum atomic E-state index is -1.01. The van der Waals surface area contributed by atoms with Gasteiger partial charge in [0, 0.05) is 19.3 Å². The highest BCUT2D eigenvalue weighted by molar-refractivity contribution is 6.33. The van der Waals surface area contributed by atoms with E-state index in [1.807, 2.05) is 7.05 Å². The summed E-state index contributed by atoms with van der Waals surface area (Å²) in [5.74, 6) is -0.335. The number of anilines is 1. The van der Waals surface area contributed by atoms with Gasteiger partial charge in [0.1, 0.15) is 5.82 Å². The normalized spacial score (nSPS) is 16.1. The number of carboxylic acids is 1. The third kappa shape index (κ3) is 2.52. The predicted molar refractivity (Wildman–Crippen MR) is 66.9 cm³/mol. The Kier molecular flexibility index (Phi) is 3.52. The summed E-state index contributed by atoms with van der Waals surface area (Å²) in [7, 11) is 1.96. The fourth-order valence-corrected chi connectivity index (χ4v) is 2.57. The van der Waals surface area contributed by atoms with E-state index in [9.17, 15) is 4.79 Å². The SMILES string of the molecule is CN(c1ncc(C(=O)O)cc1Cl)C1CCCC1. The number of carbonyl (C=O) groups is 1. The van der Waals surface area contributed by atoms with Crippen molar-refractivity contribution in [3.05, 3.63) is 22.8 Å². The van der Waals surface area contributed by atoms with Crippen LogP contribution < -0.4 is 4.90 Å². The van der Waals surface area contributed by atoms with Gasteiger partial charge in [-0.05, 0) is 18.9 Å². The van der Waals surface area contributed by atoms with Crippen molar-refractivity contribution in [1.29, 1.82) is 0 Å². The van der Waals surface area contributed by atoms with Gasteiger partial charge in [-0.2, -0.15) is 0 Å². The molecule has 0 saturated heterocycles. The molecule has 0 bridgehead atoms. The molecular formula is C12H15ClN2O2. The zero-order valence-corrected chi connectivity index (χ0v) is 10.4. The molecular weight excluding hydrogens is 240 g/mol. The summed E-state index contributed by atoms with van der Waals surface area (Å²) in [4.78, 5) is 17.0. The third-order valence-electron chi connectivity index (χ3n) is 3.28. The van der Waals surface area contributed by atoms with Crippen LogP contribution in [-0.2, 0) is 0 Å². The van der Waals surface area contributed by atoms with Crippen LogP contribution in [0, 0.1) is 0 Å². The van der Waals surface area contributed by atoms with Crippen LogP contribution in [0.1, 0.15) is 36.0 Å². The largest absolute Gasteiger partial charge is 0.478 e. The molecule has 92 valence electrons. The average Bonchev–Trinajstić information content (AvgIpc) is 2.81. The third-order valence-corrected chi connectivity index (χ3v) is 3.55. The predicted octanol–water partition coefficient (Wildman–Crippen LogP) is 2.81. The van der Waals surface area contributed by atoms with E-state index in [2.05, 4.69) is 9.88 Å². The van der Waals surface area contributed by atoms with Crippen molar-refractivity contribution in [2.24, 2.45) is 0 Å². The molecule has 0 aliphatic heterocycles. The van der Waals surface area contributed by atoms with Crippen molar-refractivity contribution in [1.82, 2.24) is 4.98 Å². The molecule has 0 unspecified atom stereocenters. The van der Waals surface area contributed by atoms with E-state index in [0.29, 0.717) is 16.9 Å². The Hall–Kier alpha value is -1.29. The van der Waals surface area contributed by atoms with Gasteiger partial charge in [0.15, 0.2) is 0 Å². The van der Waals surface area contributed by atoms with Crippen molar-refractivity contribution in [3.8, 4) is 0 Å². The summed E-state index contributed by atoms with van der Waals surface area (Å²) in [6, 6.07) is 1.92. The van der Waals surface area contributed by atoms with E-state index in [0.717, 1.165) is 12.8 Å². The van der Waals surface area contributed by atoms with Crippen LogP contribution >= 0.6 is 11.6 Å². The van der Waals surface area contributed by atoms with Crippen LogP contribution in [0.25, 0.3) is 0 Å². The summed E-state index contributed by atoms with van der Waals surface area (Å²) in [5.41, 5.74) is 0.124. The highest BCUT2D eigenvalue weighted by Gasteiger charge is 2.22. The second kappa shape index (κ2) is 4.92. The zero-order valence-electron chi connectivity index (χ0n) is 9.69. The number of pyridine rings is 1. The molecule has 1 N–H and O–H groups in total. The lowest BCUT2D eigenvalue weighted by molar-refractivity contribution is 0.0696. The van der Waals surface area contributed by atoms with Crippen LogP contribution in [0.2, 0.25) is 5.02 Å². The van der Waals surface area contributed by atoms with Crippen molar-refractivity contribution >= 4 is 23.4 Å². The monoisotopic (exact) mass is 254 g/mol. The first-order chi connectivity index (χ1) is 8.09. The number of rotatable bonds is 3. The van der Waals surface area contributed by atoms with Crippen LogP contribution in [0.3, 0.4) is 0 Å². The second-order valence-corrected chi connectivity index (χ2v) is 4.79. The number of hydrogen-bond donors (Lipinski definition) is 1. The Bertz CT molecular complexity index is 431. The van der Waals surface area contributed by atoms with Gasteiger partial charge in [-0.1, -0.05) is 24.4 Å². The number of hydrogen-bond acceptors (Lipinski definition) is 3. The summed E-state index contributed by atoms with van der Waals surface area (Å²) in [6.07, 6.45) is 6.12. The summed E-state index contributed by atoms with van der Waals surface area (Å²) < 4.78 is 0. The van der Waals surface area contributed by atoms with Gasteiger partial charge < -0.3 is 10.0 Å². The number of aromatic nitrogens is 1. The average molecular weight is 255 g/mol. The Morgan fingerprint density at radius 2 is 2.18 bits per heavy atom. The molecule has 1 saturated carbocycles. The maximum absolute atomic E-state index is 10.8. The van der Waals surface area contributed by atoms with E-state index >= 15 is 0 Å². The molecule has 0 atom stereocenters. The van der Waals surface area contributed by atoms with Crippen molar-refractivity contribution in [2.45, 2.75) is 31.7 Å². The Labute approximate surface area is 105 Å². The van der Waals surface area contributed by atoms with Gasteiger partial charge in [0.2, 0.25) is 0 Å². The summed E-state index contributed by atoms with van der Waals surface area (Å²) in [5, 5.41) is 9.24. The zero-order chi connectivity index (χ0) is 12.4. The number of nitrogens with zero attached hydrogens (tertiary/aromatic N) is 2. The quantitative estimate of drug-likeness (QED) is 0.901. The highest BCUT2D eigenvalue weighted by Crippen LogP contribution is 2.30. The van der Waals surface area contributed by atoms with Crippen molar-refractivity contribution in [3.63, 3.8) is 0 Å². The van der Waals surface area contributed by atoms with Crippen LogP contribution in [-0.4, -0.2) is 29.1 Å². The Balaban J connectivity index is 2.23. The molecule has 1 aromatic heterocycles. The van der Waals surface area contributed by atoms with Gasteiger partial charge in [-0.15, -0.1) is 0 Å². The molecule has 0 aromatic carbocycles. The van der Waals surface area contributed by atoms with Crippen molar-refractivity contribution in [2.75, 3.05) is 11.9 Å². The van der Waals surface area contributed by atoms with Gasteiger partial charge >= 0.3 is 5.97 Å². The molecule has 0 amide bonds.